The van der Waals surface area contributed by atoms with Crippen LogP contribution in [0.4, 0.5) is 23.3 Å². The zero-order valence-electron chi connectivity index (χ0n) is 56.7. The number of aromatic amines is 4. The van der Waals surface area contributed by atoms with Gasteiger partial charge >= 0.3 is 0 Å². The van der Waals surface area contributed by atoms with Crippen molar-refractivity contribution in [2.45, 2.75) is 312 Å². The van der Waals surface area contributed by atoms with Gasteiger partial charge in [0, 0.05) is 43.1 Å². The highest BCUT2D eigenvalue weighted by Crippen LogP contribution is 2.40. The van der Waals surface area contributed by atoms with Gasteiger partial charge in [0.15, 0.2) is 0 Å². The van der Waals surface area contributed by atoms with Crippen LogP contribution in [0.1, 0.15) is 305 Å². The van der Waals surface area contributed by atoms with Gasteiger partial charge in [0.05, 0.1) is 0 Å². The Morgan fingerprint density at radius 3 is 0.511 bits per heavy atom. The second-order valence-corrected chi connectivity index (χ2v) is 26.9. The standard InChI is InChI=1S/C80H116N8/c1-9-17-25-33-41-57-49-65-66(50-58(57)42-34-26-18-10-2)74-81-73(65)85-75-67-51-59(43-35-27-19-11-3)60(44-36-28-20-12-4)52-68(67)77(82-75)87-79-71-55-63(47-39-31-23-15-7)64(48-40-32-24-16-8)56-72(71)80(84-79)88-78-70-54-62(46-38-30-22-14-6)61(45-37-29-21-13-5)53-69(70)76(83-78)86-74/h49-56H,9-48H2,1-8H3,(H4,81,82,83,84,85,86,87,88). The minimum absolute atomic E-state index is 0.856. The molecule has 9 rings (SSSR count). The summed E-state index contributed by atoms with van der Waals surface area (Å²) in [6.07, 6.45) is 48.3. The summed E-state index contributed by atoms with van der Waals surface area (Å²) in [4.78, 5) is 39.3. The van der Waals surface area contributed by atoms with Crippen LogP contribution >= 0.6 is 0 Å². The number of unbranched alkanes of at least 4 members (excludes halogenated alkanes) is 24. The average Bonchev–Trinajstić information content (AvgIpc) is 2.05. The zero-order chi connectivity index (χ0) is 61.5. The first-order valence-corrected chi connectivity index (χ1v) is 36.9. The van der Waals surface area contributed by atoms with E-state index in [0.717, 1.165) is 140 Å². The number of hydrogen-bond donors (Lipinski definition) is 4. The molecule has 0 radical (unpaired) electrons. The van der Waals surface area contributed by atoms with Crippen LogP contribution in [0.25, 0.3) is 43.1 Å². The van der Waals surface area contributed by atoms with Crippen molar-refractivity contribution in [3.63, 3.8) is 0 Å². The van der Waals surface area contributed by atoms with E-state index in [-0.39, 0.29) is 0 Å². The van der Waals surface area contributed by atoms with E-state index in [4.69, 9.17) is 20.0 Å². The number of aromatic nitrogens is 4. The van der Waals surface area contributed by atoms with E-state index in [0.29, 0.717) is 0 Å². The van der Waals surface area contributed by atoms with Crippen LogP contribution in [-0.4, -0.2) is 19.9 Å². The van der Waals surface area contributed by atoms with Crippen LogP contribution in [0.2, 0.25) is 0 Å². The molecule has 4 aromatic carbocycles. The number of fused-ring (bicyclic) bond motifs is 20. The molecule has 8 aromatic rings. The maximum atomic E-state index is 5.85. The molecule has 8 heteroatoms. The molecule has 0 atom stereocenters. The van der Waals surface area contributed by atoms with E-state index in [2.05, 4.69) is 124 Å². The summed E-state index contributed by atoms with van der Waals surface area (Å²) >= 11 is 0. The van der Waals surface area contributed by atoms with Gasteiger partial charge < -0.3 is 19.9 Å². The molecule has 0 amide bonds. The largest absolute Gasteiger partial charge is 0.324 e. The van der Waals surface area contributed by atoms with Crippen LogP contribution in [0, 0.1) is 0 Å². The summed E-state index contributed by atoms with van der Waals surface area (Å²) in [6, 6.07) is 20.1. The Hall–Kier alpha value is -5.76. The summed E-state index contributed by atoms with van der Waals surface area (Å²) < 4.78 is 0. The van der Waals surface area contributed by atoms with E-state index in [1.165, 1.54) is 250 Å². The SMILES string of the molecule is CCCCCCc1cc2c3[nH]c(c2cc1CCCCCC)N=c1[nH]c(c2cc(CCCCCC)c(CCCCCC)cc12)=Nc1[nH]c(c2cc(CCCCCC)c(CCCCCC)cc12)N=c1[nH]c(c2cc(CCCCCC)c(CCCCCC)cc12)=N3. The second-order valence-electron chi connectivity index (χ2n) is 26.9. The Balaban J connectivity index is 1.39. The van der Waals surface area contributed by atoms with Gasteiger partial charge in [0.2, 0.25) is 0 Å². The topological polar surface area (TPSA) is 113 Å². The quantitative estimate of drug-likeness (QED) is 0.0274. The molecule has 1 aliphatic heterocycles. The highest BCUT2D eigenvalue weighted by Gasteiger charge is 2.21. The molecule has 8 bridgehead atoms. The van der Waals surface area contributed by atoms with Crippen LogP contribution in [0.3, 0.4) is 0 Å². The molecule has 8 nitrogen and oxygen atoms in total. The van der Waals surface area contributed by atoms with Gasteiger partial charge in [0.25, 0.3) is 0 Å². The molecule has 0 fully saturated rings. The normalized spacial score (nSPS) is 12.5. The number of nitrogens with one attached hydrogen (secondary N) is 4. The van der Waals surface area contributed by atoms with Gasteiger partial charge in [0.1, 0.15) is 45.2 Å². The summed E-state index contributed by atoms with van der Waals surface area (Å²) in [7, 11) is 0. The third-order valence-electron chi connectivity index (χ3n) is 19.6. The molecular weight excluding hydrogens is 1070 g/mol. The molecule has 476 valence electrons. The third-order valence-corrected chi connectivity index (χ3v) is 19.6. The number of benzene rings is 4. The minimum Gasteiger partial charge on any atom is -0.324 e. The Labute approximate surface area is 530 Å². The van der Waals surface area contributed by atoms with Crippen molar-refractivity contribution >= 4 is 66.4 Å². The van der Waals surface area contributed by atoms with Crippen LogP contribution in [0.15, 0.2) is 68.5 Å². The van der Waals surface area contributed by atoms with Crippen LogP contribution < -0.4 is 22.0 Å². The fourth-order valence-electron chi connectivity index (χ4n) is 14.3. The van der Waals surface area contributed by atoms with E-state index in [9.17, 15) is 0 Å². The van der Waals surface area contributed by atoms with E-state index >= 15 is 0 Å². The summed E-state index contributed by atoms with van der Waals surface area (Å²) in [5, 5.41) is 9.13. The molecule has 1 aliphatic rings. The Morgan fingerprint density at radius 1 is 0.193 bits per heavy atom. The molecular formula is C80H116N8. The van der Waals surface area contributed by atoms with Gasteiger partial charge in [-0.2, -0.15) is 0 Å². The van der Waals surface area contributed by atoms with Gasteiger partial charge in [-0.3, -0.25) is 0 Å². The highest BCUT2D eigenvalue weighted by molar-refractivity contribution is 6.02. The predicted octanol–water partition coefficient (Wildman–Crippen LogP) is 22.7. The zero-order valence-corrected chi connectivity index (χ0v) is 56.7. The average molecular weight is 1190 g/mol. The fourth-order valence-corrected chi connectivity index (χ4v) is 14.3. The van der Waals surface area contributed by atoms with Crippen molar-refractivity contribution in [1.29, 1.82) is 0 Å². The fraction of sp³-hybridized carbons (Fsp3) is 0.600. The molecule has 4 N–H and O–H groups in total. The number of aryl methyl sites for hydroxylation is 8. The predicted molar refractivity (Wildman–Crippen MR) is 379 cm³/mol. The van der Waals surface area contributed by atoms with Crippen molar-refractivity contribution in [3.8, 4) is 0 Å². The number of rotatable bonds is 40. The number of hydrogen-bond acceptors (Lipinski definition) is 4. The molecule has 4 aromatic heterocycles. The van der Waals surface area contributed by atoms with Crippen LogP contribution in [-0.2, 0) is 51.4 Å². The molecule has 0 saturated heterocycles. The lowest BCUT2D eigenvalue weighted by atomic mass is 9.94. The molecule has 0 unspecified atom stereocenters. The first-order valence-electron chi connectivity index (χ1n) is 36.9. The first kappa shape index (κ1) is 66.7. The lowest BCUT2D eigenvalue weighted by Crippen LogP contribution is -2.10. The second kappa shape index (κ2) is 35.0. The molecule has 5 heterocycles. The highest BCUT2D eigenvalue weighted by atomic mass is 15.1. The summed E-state index contributed by atoms with van der Waals surface area (Å²) in [5.41, 5.74) is 15.2. The Bertz CT molecular complexity index is 3250. The lowest BCUT2D eigenvalue weighted by Gasteiger charge is -2.12. The van der Waals surface area contributed by atoms with Crippen LogP contribution in [0.5, 0.6) is 0 Å². The molecule has 0 aliphatic carbocycles. The van der Waals surface area contributed by atoms with Crippen molar-refractivity contribution in [2.24, 2.45) is 20.0 Å². The number of nitrogens with zero attached hydrogens (tertiary/aromatic N) is 4. The van der Waals surface area contributed by atoms with Gasteiger partial charge in [-0.1, -0.05) is 209 Å². The summed E-state index contributed by atoms with van der Waals surface area (Å²) in [5.74, 6) is 3.42. The monoisotopic (exact) mass is 1190 g/mol. The van der Waals surface area contributed by atoms with Crippen molar-refractivity contribution < 1.29 is 0 Å². The van der Waals surface area contributed by atoms with Crippen molar-refractivity contribution in [3.05, 3.63) is 115 Å². The first-order chi connectivity index (χ1) is 43.3. The lowest BCUT2D eigenvalue weighted by molar-refractivity contribution is 0.651. The maximum absolute atomic E-state index is 5.85. The van der Waals surface area contributed by atoms with E-state index in [1.807, 2.05) is 0 Å². The molecule has 0 saturated carbocycles. The summed E-state index contributed by atoms with van der Waals surface area (Å²) in [6.45, 7) is 18.6. The van der Waals surface area contributed by atoms with Crippen molar-refractivity contribution in [2.75, 3.05) is 0 Å². The maximum Gasteiger partial charge on any atom is 0.142 e. The van der Waals surface area contributed by atoms with Crippen molar-refractivity contribution in [1.82, 2.24) is 19.9 Å². The van der Waals surface area contributed by atoms with E-state index < -0.39 is 0 Å². The van der Waals surface area contributed by atoms with E-state index in [1.54, 1.807) is 0 Å². The Kier molecular flexibility index (Phi) is 26.5. The molecule has 0 spiro atoms. The van der Waals surface area contributed by atoms with Gasteiger partial charge in [-0.25, -0.2) is 20.0 Å². The minimum atomic E-state index is 0.856. The smallest absolute Gasteiger partial charge is 0.142 e. The van der Waals surface area contributed by atoms with Gasteiger partial charge in [-0.05, 0) is 196 Å². The molecule has 88 heavy (non-hydrogen) atoms. The Morgan fingerprint density at radius 2 is 0.352 bits per heavy atom. The van der Waals surface area contributed by atoms with Gasteiger partial charge in [-0.15, -0.1) is 0 Å². The third kappa shape index (κ3) is 17.4. The number of H-pyrrole nitrogens is 4.